The fraction of sp³-hybridized carbons (Fsp3) is 0.100. The average Bonchev–Trinajstić information content (AvgIpc) is 2.18. The molecular weight excluding hydrogens is 180 g/mol. The molecule has 0 bridgehead atoms. The number of nitrogens with two attached hydrogens (primary N) is 1. The first-order chi connectivity index (χ1) is 6.72. The van der Waals surface area contributed by atoms with Crippen molar-refractivity contribution >= 4 is 11.8 Å². The van der Waals surface area contributed by atoms with Crippen molar-refractivity contribution < 1.29 is 9.53 Å². The molecule has 0 saturated carbocycles. The summed E-state index contributed by atoms with van der Waals surface area (Å²) in [5, 5.41) is 2.37. The Labute approximate surface area is 82.1 Å². The number of ether oxygens (including phenoxy) is 1. The largest absolute Gasteiger partial charge is 0.413 e. The van der Waals surface area contributed by atoms with Crippen LogP contribution >= 0.6 is 0 Å². The van der Waals surface area contributed by atoms with E-state index in [-0.39, 0.29) is 6.54 Å². The lowest BCUT2D eigenvalue weighted by Crippen LogP contribution is -2.26. The van der Waals surface area contributed by atoms with Crippen LogP contribution in [-0.4, -0.2) is 12.6 Å². The van der Waals surface area contributed by atoms with Crippen molar-refractivity contribution in [3.05, 3.63) is 24.3 Å². The highest BCUT2D eigenvalue weighted by molar-refractivity contribution is 5.70. The van der Waals surface area contributed by atoms with E-state index in [9.17, 15) is 4.79 Å². The summed E-state index contributed by atoms with van der Waals surface area (Å²) in [5.41, 5.74) is 6.07. The molecule has 0 heterocycles. The maximum atomic E-state index is 11.0. The van der Waals surface area contributed by atoms with Crippen LogP contribution in [0.15, 0.2) is 24.3 Å². The van der Waals surface area contributed by atoms with Crippen molar-refractivity contribution in [2.75, 3.05) is 12.3 Å². The molecule has 1 rings (SSSR count). The van der Waals surface area contributed by atoms with Gasteiger partial charge in [0, 0.05) is 5.69 Å². The predicted octanol–water partition coefficient (Wildman–Crippen LogP) is 0.990. The third-order valence-electron chi connectivity index (χ3n) is 1.43. The molecule has 0 aliphatic rings. The van der Waals surface area contributed by atoms with Crippen molar-refractivity contribution in [1.29, 1.82) is 0 Å². The number of hydrogen-bond donors (Lipinski definition) is 2. The zero-order chi connectivity index (χ0) is 10.4. The highest BCUT2D eigenvalue weighted by atomic mass is 16.5. The highest BCUT2D eigenvalue weighted by Gasteiger charge is 2.01. The average molecular weight is 190 g/mol. The smallest absolute Gasteiger partial charge is 0.410 e. The van der Waals surface area contributed by atoms with Crippen LogP contribution in [0.4, 0.5) is 10.5 Å². The summed E-state index contributed by atoms with van der Waals surface area (Å²) in [6.07, 6.45) is 4.38. The first kappa shape index (κ1) is 9.93. The molecule has 0 aliphatic carbocycles. The summed E-state index contributed by atoms with van der Waals surface area (Å²) in [6.45, 7) is 0.147. The number of benzene rings is 1. The van der Waals surface area contributed by atoms with Gasteiger partial charge in [0.05, 0.1) is 6.54 Å². The molecule has 0 aromatic heterocycles. The van der Waals surface area contributed by atoms with Crippen molar-refractivity contribution in [3.63, 3.8) is 0 Å². The molecule has 3 N–H and O–H groups in total. The highest BCUT2D eigenvalue weighted by Crippen LogP contribution is 2.12. The van der Waals surface area contributed by atoms with Crippen LogP contribution in [0, 0.1) is 12.3 Å². The first-order valence-electron chi connectivity index (χ1n) is 3.97. The van der Waals surface area contributed by atoms with Gasteiger partial charge in [0.15, 0.2) is 0 Å². The summed E-state index contributed by atoms with van der Waals surface area (Å²) in [4.78, 5) is 11.0. The van der Waals surface area contributed by atoms with E-state index in [1.165, 1.54) is 0 Å². The van der Waals surface area contributed by atoms with Gasteiger partial charge in [-0.15, -0.1) is 6.42 Å². The molecule has 0 saturated heterocycles. The Balaban J connectivity index is 2.49. The van der Waals surface area contributed by atoms with E-state index < -0.39 is 6.09 Å². The van der Waals surface area contributed by atoms with Crippen LogP contribution in [-0.2, 0) is 0 Å². The number of rotatable bonds is 2. The van der Waals surface area contributed by atoms with Crippen LogP contribution in [0.5, 0.6) is 5.75 Å². The molecule has 0 radical (unpaired) electrons. The third kappa shape index (κ3) is 3.07. The summed E-state index contributed by atoms with van der Waals surface area (Å²) < 4.78 is 4.87. The summed E-state index contributed by atoms with van der Waals surface area (Å²) >= 11 is 0. The van der Waals surface area contributed by atoms with E-state index >= 15 is 0 Å². The van der Waals surface area contributed by atoms with Gasteiger partial charge in [-0.1, -0.05) is 5.92 Å². The molecule has 1 amide bonds. The first-order valence-corrected chi connectivity index (χ1v) is 3.97. The zero-order valence-corrected chi connectivity index (χ0v) is 7.49. The van der Waals surface area contributed by atoms with E-state index in [2.05, 4.69) is 11.2 Å². The van der Waals surface area contributed by atoms with Gasteiger partial charge < -0.3 is 15.8 Å². The number of amides is 1. The molecule has 0 fully saturated rings. The monoisotopic (exact) mass is 190 g/mol. The Hall–Kier alpha value is -2.15. The second-order valence-corrected chi connectivity index (χ2v) is 2.52. The molecule has 0 aliphatic heterocycles. The van der Waals surface area contributed by atoms with Gasteiger partial charge in [0.1, 0.15) is 5.75 Å². The molecule has 14 heavy (non-hydrogen) atoms. The van der Waals surface area contributed by atoms with Gasteiger partial charge >= 0.3 is 6.09 Å². The summed E-state index contributed by atoms with van der Waals surface area (Å²) in [5.74, 6) is 2.69. The van der Waals surface area contributed by atoms with E-state index in [1.807, 2.05) is 0 Å². The standard InChI is InChI=1S/C10H10N2O2/c1-2-7-12-10(13)14-9-5-3-8(11)4-6-9/h1,3-6H,7,11H2,(H,12,13). The molecule has 0 unspecified atom stereocenters. The van der Waals surface area contributed by atoms with Crippen LogP contribution in [0.25, 0.3) is 0 Å². The van der Waals surface area contributed by atoms with Crippen molar-refractivity contribution in [2.45, 2.75) is 0 Å². The number of carbonyl (C=O) groups is 1. The zero-order valence-electron chi connectivity index (χ0n) is 7.49. The van der Waals surface area contributed by atoms with Gasteiger partial charge in [-0.2, -0.15) is 0 Å². The maximum absolute atomic E-state index is 11.0. The fourth-order valence-corrected chi connectivity index (χ4v) is 0.802. The van der Waals surface area contributed by atoms with Crippen LogP contribution in [0.1, 0.15) is 0 Å². The molecule has 1 aromatic carbocycles. The number of nitrogen functional groups attached to an aromatic ring is 1. The molecule has 4 heteroatoms. The van der Waals surface area contributed by atoms with Gasteiger partial charge in [-0.05, 0) is 24.3 Å². The topological polar surface area (TPSA) is 64.3 Å². The van der Waals surface area contributed by atoms with E-state index in [0.29, 0.717) is 11.4 Å². The Bertz CT molecular complexity index is 351. The van der Waals surface area contributed by atoms with Crippen molar-refractivity contribution in [2.24, 2.45) is 0 Å². The Kier molecular flexibility index (Phi) is 3.39. The minimum absolute atomic E-state index is 0.147. The van der Waals surface area contributed by atoms with E-state index in [4.69, 9.17) is 16.9 Å². The second-order valence-electron chi connectivity index (χ2n) is 2.52. The lowest BCUT2D eigenvalue weighted by Gasteiger charge is -2.03. The lowest BCUT2D eigenvalue weighted by atomic mass is 10.3. The fourth-order valence-electron chi connectivity index (χ4n) is 0.802. The summed E-state index contributed by atoms with van der Waals surface area (Å²) in [7, 11) is 0. The molecule has 0 spiro atoms. The molecule has 4 nitrogen and oxygen atoms in total. The SMILES string of the molecule is C#CCNC(=O)Oc1ccc(N)cc1. The van der Waals surface area contributed by atoms with Crippen molar-refractivity contribution in [1.82, 2.24) is 5.32 Å². The van der Waals surface area contributed by atoms with Gasteiger partial charge in [0.2, 0.25) is 0 Å². The Morgan fingerprint density at radius 1 is 1.50 bits per heavy atom. The normalized spacial score (nSPS) is 8.79. The van der Waals surface area contributed by atoms with Crippen molar-refractivity contribution in [3.8, 4) is 18.1 Å². The van der Waals surface area contributed by atoms with Gasteiger partial charge in [-0.25, -0.2) is 4.79 Å². The van der Waals surface area contributed by atoms with Gasteiger partial charge in [-0.3, -0.25) is 0 Å². The van der Waals surface area contributed by atoms with E-state index in [1.54, 1.807) is 24.3 Å². The second kappa shape index (κ2) is 4.77. The number of nitrogens with one attached hydrogen (secondary N) is 1. The molecule has 1 aromatic rings. The number of anilines is 1. The molecular formula is C10H10N2O2. The number of carbonyl (C=O) groups excluding carboxylic acids is 1. The quantitative estimate of drug-likeness (QED) is 0.540. The third-order valence-corrected chi connectivity index (χ3v) is 1.43. The lowest BCUT2D eigenvalue weighted by molar-refractivity contribution is 0.202. The minimum Gasteiger partial charge on any atom is -0.410 e. The Morgan fingerprint density at radius 3 is 2.71 bits per heavy atom. The Morgan fingerprint density at radius 2 is 2.14 bits per heavy atom. The minimum atomic E-state index is -0.576. The van der Waals surface area contributed by atoms with Crippen LogP contribution < -0.4 is 15.8 Å². The van der Waals surface area contributed by atoms with Gasteiger partial charge in [0.25, 0.3) is 0 Å². The molecule has 0 atom stereocenters. The van der Waals surface area contributed by atoms with Crippen LogP contribution in [0.3, 0.4) is 0 Å². The number of hydrogen-bond acceptors (Lipinski definition) is 3. The summed E-state index contributed by atoms with van der Waals surface area (Å²) in [6, 6.07) is 6.49. The molecule has 72 valence electrons. The van der Waals surface area contributed by atoms with E-state index in [0.717, 1.165) is 0 Å². The maximum Gasteiger partial charge on any atom is 0.413 e. The van der Waals surface area contributed by atoms with Crippen LogP contribution in [0.2, 0.25) is 0 Å². The predicted molar refractivity (Wildman–Crippen MR) is 53.7 cm³/mol. The number of terminal acetylenes is 1.